The molecule has 0 saturated heterocycles. The molecule has 1 heterocycles. The van der Waals surface area contributed by atoms with Crippen LogP contribution in [0.2, 0.25) is 0 Å². The molecule has 0 saturated carbocycles. The summed E-state index contributed by atoms with van der Waals surface area (Å²) in [6, 6.07) is 13.0. The van der Waals surface area contributed by atoms with E-state index in [1.165, 1.54) is 71.0 Å². The van der Waals surface area contributed by atoms with Gasteiger partial charge in [-0.15, -0.1) is 0 Å². The van der Waals surface area contributed by atoms with Gasteiger partial charge < -0.3 is 23.1 Å². The summed E-state index contributed by atoms with van der Waals surface area (Å²) in [6.07, 6.45) is 2.01. The predicted octanol–water partition coefficient (Wildman–Crippen LogP) is 3.48. The van der Waals surface area contributed by atoms with E-state index >= 15 is 0 Å². The van der Waals surface area contributed by atoms with Crippen molar-refractivity contribution < 1.29 is 44.8 Å². The van der Waals surface area contributed by atoms with Crippen molar-refractivity contribution in [2.75, 3.05) is 34.7 Å². The Balaban J connectivity index is 2.04. The highest BCUT2D eigenvalue weighted by atomic mass is 32.2. The maximum Gasteiger partial charge on any atom is 0.306 e. The lowest BCUT2D eigenvalue weighted by atomic mass is 10.0. The summed E-state index contributed by atoms with van der Waals surface area (Å²) in [6.45, 7) is 0. The highest BCUT2D eigenvalue weighted by Crippen LogP contribution is 2.41. The Bertz CT molecular complexity index is 1750. The van der Waals surface area contributed by atoms with Gasteiger partial charge in [-0.25, -0.2) is 12.4 Å². The Labute approximate surface area is 225 Å². The Kier molecular flexibility index (Phi) is 7.48. The lowest BCUT2D eigenvalue weighted by Crippen LogP contribution is -2.12. The second-order valence-electron chi connectivity index (χ2n) is 8.21. The third kappa shape index (κ3) is 5.22. The second-order valence-corrected chi connectivity index (χ2v) is 11.6. The number of ketones is 1. The van der Waals surface area contributed by atoms with E-state index in [2.05, 4.69) is 0 Å². The van der Waals surface area contributed by atoms with Gasteiger partial charge >= 0.3 is 10.1 Å². The van der Waals surface area contributed by atoms with Crippen LogP contribution in [0.1, 0.15) is 15.9 Å². The molecule has 4 aromatic rings. The normalized spacial score (nSPS) is 11.7. The van der Waals surface area contributed by atoms with Gasteiger partial charge in [0.05, 0.1) is 45.1 Å². The first-order valence-electron chi connectivity index (χ1n) is 11.2. The molecule has 0 fully saturated rings. The molecule has 0 aliphatic carbocycles. The summed E-state index contributed by atoms with van der Waals surface area (Å²) in [4.78, 5) is 13.8. The highest BCUT2D eigenvalue weighted by Gasteiger charge is 2.28. The van der Waals surface area contributed by atoms with Crippen LogP contribution < -0.4 is 23.1 Å². The molecule has 0 N–H and O–H groups in total. The van der Waals surface area contributed by atoms with Gasteiger partial charge in [-0.2, -0.15) is 8.42 Å². The average molecular weight is 576 g/mol. The van der Waals surface area contributed by atoms with Crippen LogP contribution in [0.5, 0.6) is 28.7 Å². The lowest BCUT2D eigenvalue weighted by molar-refractivity contribution is 0.103. The van der Waals surface area contributed by atoms with Crippen molar-refractivity contribution in [3.8, 4) is 28.7 Å². The summed E-state index contributed by atoms with van der Waals surface area (Å²) < 4.78 is 78.4. The van der Waals surface area contributed by atoms with E-state index in [0.717, 1.165) is 10.2 Å². The predicted molar refractivity (Wildman–Crippen MR) is 143 cm³/mol. The molecular formula is C26H25NO10S2. The van der Waals surface area contributed by atoms with E-state index < -0.39 is 25.9 Å². The van der Waals surface area contributed by atoms with Gasteiger partial charge in [-0.1, -0.05) is 18.2 Å². The lowest BCUT2D eigenvalue weighted by Gasteiger charge is -2.13. The molecule has 0 bridgehead atoms. The molecule has 4 rings (SSSR count). The Morgan fingerprint density at radius 1 is 0.744 bits per heavy atom. The number of fused-ring (bicyclic) bond motifs is 1. The van der Waals surface area contributed by atoms with Crippen LogP contribution in [0.25, 0.3) is 10.9 Å². The molecule has 0 aliphatic heterocycles. The van der Waals surface area contributed by atoms with Gasteiger partial charge in [0.25, 0.3) is 10.0 Å². The molecule has 13 heteroatoms. The van der Waals surface area contributed by atoms with Crippen molar-refractivity contribution in [2.45, 2.75) is 4.90 Å². The monoisotopic (exact) mass is 575 g/mol. The van der Waals surface area contributed by atoms with E-state index in [9.17, 15) is 21.6 Å². The van der Waals surface area contributed by atoms with Gasteiger partial charge in [0, 0.05) is 28.8 Å². The summed E-state index contributed by atoms with van der Waals surface area (Å²) in [5.74, 6) is -0.122. The van der Waals surface area contributed by atoms with Gasteiger partial charge in [0.2, 0.25) is 5.75 Å². The summed E-state index contributed by atoms with van der Waals surface area (Å²) >= 11 is 0. The van der Waals surface area contributed by atoms with Crippen molar-refractivity contribution in [1.29, 1.82) is 0 Å². The maximum absolute atomic E-state index is 13.9. The molecule has 0 amide bonds. The van der Waals surface area contributed by atoms with Crippen LogP contribution in [-0.4, -0.2) is 61.3 Å². The smallest absolute Gasteiger partial charge is 0.306 e. The Hall–Kier alpha value is -4.23. The van der Waals surface area contributed by atoms with E-state index in [-0.39, 0.29) is 55.7 Å². The molecule has 11 nitrogen and oxygen atoms in total. The molecule has 0 spiro atoms. The van der Waals surface area contributed by atoms with Crippen LogP contribution in [0.4, 0.5) is 0 Å². The number of hydrogen-bond donors (Lipinski definition) is 0. The van der Waals surface area contributed by atoms with Crippen molar-refractivity contribution >= 4 is 36.8 Å². The zero-order valence-corrected chi connectivity index (χ0v) is 23.3. The standard InChI is InChI=1S/C26H25NO10S2/c1-33-21-13-18-19(25(28)16-11-23(34-2)26(36-4)24(12-16)35-3)15-27(20(18)14-22(21)37-38(5,29)30)39(31,32)17-9-7-6-8-10-17/h6-15H,1-5H3. The van der Waals surface area contributed by atoms with Gasteiger partial charge in [0.1, 0.15) is 0 Å². The molecule has 3 aromatic carbocycles. The minimum Gasteiger partial charge on any atom is -0.493 e. The van der Waals surface area contributed by atoms with E-state index in [1.807, 2.05) is 0 Å². The molecule has 1 aromatic heterocycles. The SMILES string of the molecule is COc1cc2c(C(=O)c3cc(OC)c(OC)c(OC)c3)cn(S(=O)(=O)c3ccccc3)c2cc1OS(C)(=O)=O. The molecule has 206 valence electrons. The van der Waals surface area contributed by atoms with E-state index in [0.29, 0.717) is 0 Å². The first-order chi connectivity index (χ1) is 18.4. The number of nitrogens with zero attached hydrogens (tertiary/aromatic N) is 1. The quantitative estimate of drug-likeness (QED) is 0.204. The molecule has 0 atom stereocenters. The number of aromatic nitrogens is 1. The second kappa shape index (κ2) is 10.5. The molecule has 39 heavy (non-hydrogen) atoms. The van der Waals surface area contributed by atoms with E-state index in [4.69, 9.17) is 23.1 Å². The van der Waals surface area contributed by atoms with E-state index in [1.54, 1.807) is 18.2 Å². The minimum atomic E-state index is -4.23. The van der Waals surface area contributed by atoms with Crippen molar-refractivity contribution in [1.82, 2.24) is 3.97 Å². The summed E-state index contributed by atoms with van der Waals surface area (Å²) in [7, 11) is -2.72. The average Bonchev–Trinajstić information content (AvgIpc) is 3.29. The number of hydrogen-bond acceptors (Lipinski definition) is 10. The number of carbonyl (C=O) groups is 1. The maximum atomic E-state index is 13.9. The van der Waals surface area contributed by atoms with Crippen LogP contribution in [0.15, 0.2) is 65.7 Å². The fourth-order valence-electron chi connectivity index (χ4n) is 4.04. The molecule has 0 radical (unpaired) electrons. The zero-order valence-electron chi connectivity index (χ0n) is 21.6. The summed E-state index contributed by atoms with van der Waals surface area (Å²) in [5.41, 5.74) is 0.105. The largest absolute Gasteiger partial charge is 0.493 e. The molecule has 0 unspecified atom stereocenters. The third-order valence-electron chi connectivity index (χ3n) is 5.77. The van der Waals surface area contributed by atoms with Gasteiger partial charge in [0.15, 0.2) is 28.8 Å². The minimum absolute atomic E-state index is 0.00547. The highest BCUT2D eigenvalue weighted by molar-refractivity contribution is 7.90. The Morgan fingerprint density at radius 3 is 1.85 bits per heavy atom. The summed E-state index contributed by atoms with van der Waals surface area (Å²) in [5, 5.41) is 0.172. The van der Waals surface area contributed by atoms with Crippen LogP contribution >= 0.6 is 0 Å². The first kappa shape index (κ1) is 27.8. The van der Waals surface area contributed by atoms with Crippen molar-refractivity contribution in [2.24, 2.45) is 0 Å². The third-order valence-corrected chi connectivity index (χ3v) is 7.94. The molecule has 0 aliphatic rings. The van der Waals surface area contributed by atoms with Crippen LogP contribution in [0, 0.1) is 0 Å². The fourth-order valence-corrected chi connectivity index (χ4v) is 5.88. The Morgan fingerprint density at radius 2 is 1.33 bits per heavy atom. The molecular weight excluding hydrogens is 550 g/mol. The number of benzene rings is 3. The van der Waals surface area contributed by atoms with Crippen molar-refractivity contribution in [3.05, 3.63) is 71.9 Å². The van der Waals surface area contributed by atoms with Gasteiger partial charge in [-0.3, -0.25) is 4.79 Å². The van der Waals surface area contributed by atoms with Crippen LogP contribution in [0.3, 0.4) is 0 Å². The zero-order chi connectivity index (χ0) is 28.5. The fraction of sp³-hybridized carbons (Fsp3) is 0.192. The topological polar surface area (TPSA) is 136 Å². The number of carbonyl (C=O) groups excluding carboxylic acids is 1. The van der Waals surface area contributed by atoms with Gasteiger partial charge in [-0.05, 0) is 30.3 Å². The van der Waals surface area contributed by atoms with Crippen molar-refractivity contribution in [3.63, 3.8) is 0 Å². The van der Waals surface area contributed by atoms with Crippen LogP contribution in [-0.2, 0) is 20.1 Å². The number of ether oxygens (including phenoxy) is 4. The first-order valence-corrected chi connectivity index (χ1v) is 14.5. The number of rotatable bonds is 10. The number of methoxy groups -OCH3 is 4.